The van der Waals surface area contributed by atoms with Crippen molar-refractivity contribution in [2.75, 3.05) is 0 Å². The summed E-state index contributed by atoms with van der Waals surface area (Å²) >= 11 is 5.89. The second-order valence-electron chi connectivity index (χ2n) is 6.57. The van der Waals surface area contributed by atoms with Crippen LogP contribution in [0.5, 0.6) is 0 Å². The van der Waals surface area contributed by atoms with Crippen LogP contribution in [-0.2, 0) is 11.2 Å². The average Bonchev–Trinajstić information content (AvgIpc) is 3.00. The molecule has 1 amide bonds. The first kappa shape index (κ1) is 17.5. The number of benzene rings is 2. The maximum absolute atomic E-state index is 12.5. The number of hydrogen-bond donors (Lipinski definition) is 1. The molecule has 4 nitrogen and oxygen atoms in total. The van der Waals surface area contributed by atoms with Gasteiger partial charge < -0.3 is 9.73 Å². The van der Waals surface area contributed by atoms with E-state index < -0.39 is 0 Å². The van der Waals surface area contributed by atoms with Crippen molar-refractivity contribution >= 4 is 28.6 Å². The first-order valence-corrected chi connectivity index (χ1v) is 8.78. The number of halogens is 1. The highest BCUT2D eigenvalue weighted by Gasteiger charge is 2.21. The first-order chi connectivity index (χ1) is 12.0. The number of nitrogens with one attached hydrogen (secondary N) is 1. The van der Waals surface area contributed by atoms with E-state index in [0.717, 1.165) is 23.1 Å². The van der Waals surface area contributed by atoms with Gasteiger partial charge in [0.15, 0.2) is 5.58 Å². The number of carbonyl (C=O) groups is 1. The summed E-state index contributed by atoms with van der Waals surface area (Å²) in [5.74, 6) is 0.894. The first-order valence-electron chi connectivity index (χ1n) is 8.40. The van der Waals surface area contributed by atoms with Crippen LogP contribution in [0.2, 0.25) is 5.02 Å². The highest BCUT2D eigenvalue weighted by Crippen LogP contribution is 2.25. The molecular weight excluding hydrogens is 336 g/mol. The van der Waals surface area contributed by atoms with E-state index in [1.165, 1.54) is 0 Å². The minimum Gasteiger partial charge on any atom is -0.438 e. The van der Waals surface area contributed by atoms with Crippen molar-refractivity contribution in [3.8, 4) is 0 Å². The van der Waals surface area contributed by atoms with Crippen molar-refractivity contribution in [1.82, 2.24) is 10.3 Å². The molecule has 1 atom stereocenters. The number of fused-ring (bicyclic) bond motifs is 1. The normalized spacial score (nSPS) is 12.5. The second kappa shape index (κ2) is 7.70. The van der Waals surface area contributed by atoms with E-state index in [9.17, 15) is 4.79 Å². The highest BCUT2D eigenvalue weighted by atomic mass is 35.5. The second-order valence-corrected chi connectivity index (χ2v) is 7.01. The van der Waals surface area contributed by atoms with E-state index in [0.29, 0.717) is 23.3 Å². The Balaban J connectivity index is 1.75. The van der Waals surface area contributed by atoms with E-state index in [-0.39, 0.29) is 11.9 Å². The summed E-state index contributed by atoms with van der Waals surface area (Å²) < 4.78 is 5.85. The van der Waals surface area contributed by atoms with E-state index in [4.69, 9.17) is 16.0 Å². The lowest BCUT2D eigenvalue weighted by atomic mass is 10.0. The number of carbonyl (C=O) groups excluding carboxylic acids is 1. The average molecular weight is 357 g/mol. The minimum absolute atomic E-state index is 0.0600. The molecule has 0 fully saturated rings. The van der Waals surface area contributed by atoms with E-state index in [1.807, 2.05) is 36.4 Å². The SMILES string of the molecule is CC(C)C[C@H](NC(=O)Cc1ccc(Cl)cc1)c1nc2ccccc2o1. The lowest BCUT2D eigenvalue weighted by Crippen LogP contribution is -2.31. The highest BCUT2D eigenvalue weighted by molar-refractivity contribution is 6.30. The minimum atomic E-state index is -0.243. The predicted octanol–water partition coefficient (Wildman–Crippen LogP) is 4.93. The molecule has 1 aromatic heterocycles. The fourth-order valence-electron chi connectivity index (χ4n) is 2.76. The zero-order valence-electron chi connectivity index (χ0n) is 14.3. The monoisotopic (exact) mass is 356 g/mol. The molecule has 1 N–H and O–H groups in total. The summed E-state index contributed by atoms with van der Waals surface area (Å²) in [5, 5.41) is 3.72. The molecule has 0 aliphatic heterocycles. The van der Waals surface area contributed by atoms with Gasteiger partial charge in [-0.05, 0) is 42.2 Å². The van der Waals surface area contributed by atoms with E-state index in [1.54, 1.807) is 12.1 Å². The van der Waals surface area contributed by atoms with Gasteiger partial charge in [0.2, 0.25) is 11.8 Å². The van der Waals surface area contributed by atoms with Gasteiger partial charge in [-0.3, -0.25) is 4.79 Å². The lowest BCUT2D eigenvalue weighted by molar-refractivity contribution is -0.121. The Hall–Kier alpha value is -2.33. The molecule has 0 spiro atoms. The fraction of sp³-hybridized carbons (Fsp3) is 0.300. The number of rotatable bonds is 6. The van der Waals surface area contributed by atoms with Crippen molar-refractivity contribution in [3.63, 3.8) is 0 Å². The molecule has 0 radical (unpaired) electrons. The largest absolute Gasteiger partial charge is 0.438 e. The molecule has 0 aliphatic carbocycles. The van der Waals surface area contributed by atoms with Crippen LogP contribution in [0.3, 0.4) is 0 Å². The Bertz CT molecular complexity index is 823. The van der Waals surface area contributed by atoms with Crippen LogP contribution in [0.15, 0.2) is 52.9 Å². The van der Waals surface area contributed by atoms with Crippen LogP contribution >= 0.6 is 11.6 Å². The predicted molar refractivity (Wildman–Crippen MR) is 99.5 cm³/mol. The van der Waals surface area contributed by atoms with Crippen molar-refractivity contribution in [3.05, 3.63) is 65.0 Å². The molecule has 0 saturated heterocycles. The van der Waals surface area contributed by atoms with Gasteiger partial charge in [0.1, 0.15) is 11.6 Å². The molecule has 0 bridgehead atoms. The van der Waals surface area contributed by atoms with Crippen LogP contribution < -0.4 is 5.32 Å². The van der Waals surface area contributed by atoms with Crippen molar-refractivity contribution < 1.29 is 9.21 Å². The van der Waals surface area contributed by atoms with Crippen molar-refractivity contribution in [2.45, 2.75) is 32.7 Å². The zero-order valence-corrected chi connectivity index (χ0v) is 15.1. The number of aromatic nitrogens is 1. The molecule has 3 aromatic rings. The molecule has 0 aliphatic rings. The topological polar surface area (TPSA) is 55.1 Å². The van der Waals surface area contributed by atoms with Gasteiger partial charge in [-0.25, -0.2) is 4.98 Å². The van der Waals surface area contributed by atoms with Gasteiger partial charge in [-0.1, -0.05) is 49.7 Å². The van der Waals surface area contributed by atoms with Gasteiger partial charge in [-0.15, -0.1) is 0 Å². The molecule has 130 valence electrons. The number of hydrogen-bond acceptors (Lipinski definition) is 3. The summed E-state index contributed by atoms with van der Waals surface area (Å²) in [5.41, 5.74) is 2.46. The van der Waals surface area contributed by atoms with Crippen LogP contribution in [0, 0.1) is 5.92 Å². The summed E-state index contributed by atoms with van der Waals surface area (Å²) in [6, 6.07) is 14.7. The molecule has 25 heavy (non-hydrogen) atoms. The number of nitrogens with zero attached hydrogens (tertiary/aromatic N) is 1. The Kier molecular flexibility index (Phi) is 5.39. The summed E-state index contributed by atoms with van der Waals surface area (Å²) in [6.07, 6.45) is 1.06. The van der Waals surface area contributed by atoms with Crippen molar-refractivity contribution in [1.29, 1.82) is 0 Å². The number of para-hydroxylation sites is 2. The third-order valence-corrected chi connectivity index (χ3v) is 4.18. The van der Waals surface area contributed by atoms with Gasteiger partial charge in [0.05, 0.1) is 6.42 Å². The molecule has 0 saturated carbocycles. The zero-order chi connectivity index (χ0) is 17.8. The third-order valence-electron chi connectivity index (χ3n) is 3.93. The summed E-state index contributed by atoms with van der Waals surface area (Å²) in [6.45, 7) is 4.22. The van der Waals surface area contributed by atoms with Crippen molar-refractivity contribution in [2.24, 2.45) is 5.92 Å². The van der Waals surface area contributed by atoms with Gasteiger partial charge in [-0.2, -0.15) is 0 Å². The van der Waals surface area contributed by atoms with Crippen LogP contribution in [0.4, 0.5) is 0 Å². The standard InChI is InChI=1S/C20H21ClN2O2/c1-13(2)11-17(20-23-16-5-3-4-6-18(16)25-20)22-19(24)12-14-7-9-15(21)10-8-14/h3-10,13,17H,11-12H2,1-2H3,(H,22,24)/t17-/m0/s1. The summed E-state index contributed by atoms with van der Waals surface area (Å²) in [4.78, 5) is 17.0. The Morgan fingerprint density at radius 2 is 1.88 bits per heavy atom. The molecule has 1 heterocycles. The molecular formula is C20H21ClN2O2. The number of amides is 1. The lowest BCUT2D eigenvalue weighted by Gasteiger charge is -2.17. The van der Waals surface area contributed by atoms with Crippen LogP contribution in [-0.4, -0.2) is 10.9 Å². The Labute approximate surface area is 152 Å². The van der Waals surface area contributed by atoms with Gasteiger partial charge in [0.25, 0.3) is 0 Å². The van der Waals surface area contributed by atoms with Crippen LogP contribution in [0.25, 0.3) is 11.1 Å². The van der Waals surface area contributed by atoms with Crippen LogP contribution in [0.1, 0.15) is 37.8 Å². The molecule has 0 unspecified atom stereocenters. The Morgan fingerprint density at radius 3 is 2.56 bits per heavy atom. The molecule has 5 heteroatoms. The quantitative estimate of drug-likeness (QED) is 0.681. The van der Waals surface area contributed by atoms with Gasteiger partial charge in [0, 0.05) is 5.02 Å². The van der Waals surface area contributed by atoms with E-state index >= 15 is 0 Å². The fourth-order valence-corrected chi connectivity index (χ4v) is 2.89. The third kappa shape index (κ3) is 4.60. The molecule has 3 rings (SSSR count). The summed E-state index contributed by atoms with van der Waals surface area (Å²) in [7, 11) is 0. The Morgan fingerprint density at radius 1 is 1.16 bits per heavy atom. The number of oxazole rings is 1. The maximum atomic E-state index is 12.5. The van der Waals surface area contributed by atoms with E-state index in [2.05, 4.69) is 24.1 Å². The maximum Gasteiger partial charge on any atom is 0.225 e. The smallest absolute Gasteiger partial charge is 0.225 e. The molecule has 2 aromatic carbocycles. The van der Waals surface area contributed by atoms with Gasteiger partial charge >= 0.3 is 0 Å².